The van der Waals surface area contributed by atoms with Gasteiger partial charge < -0.3 is 0 Å². The van der Waals surface area contributed by atoms with Crippen LogP contribution >= 0.6 is 11.8 Å². The van der Waals surface area contributed by atoms with Crippen molar-refractivity contribution in [3.05, 3.63) is 47.8 Å². The van der Waals surface area contributed by atoms with E-state index in [4.69, 9.17) is 0 Å². The summed E-state index contributed by atoms with van der Waals surface area (Å²) >= 11 is 1.66. The van der Waals surface area contributed by atoms with Crippen LogP contribution in [0, 0.1) is 0 Å². The molecule has 0 fully saturated rings. The van der Waals surface area contributed by atoms with Crippen LogP contribution in [0.5, 0.6) is 0 Å². The summed E-state index contributed by atoms with van der Waals surface area (Å²) in [4.78, 5) is 10.4. The second-order valence-corrected chi connectivity index (χ2v) is 4.07. The molecule has 2 rings (SSSR count). The lowest BCUT2D eigenvalue weighted by Crippen LogP contribution is -1.90. The van der Waals surface area contributed by atoms with E-state index in [0.29, 0.717) is 0 Å². The van der Waals surface area contributed by atoms with Crippen LogP contribution in [0.15, 0.2) is 52.1 Å². The van der Waals surface area contributed by atoms with Crippen LogP contribution in [0.1, 0.15) is 5.56 Å². The number of thioether (sulfide) groups is 1. The van der Waals surface area contributed by atoms with Gasteiger partial charge in [-0.25, -0.2) is 0 Å². The van der Waals surface area contributed by atoms with Crippen molar-refractivity contribution in [3.8, 4) is 0 Å². The van der Waals surface area contributed by atoms with Crippen LogP contribution < -0.4 is 0 Å². The summed E-state index contributed by atoms with van der Waals surface area (Å²) in [5, 5.41) is 0. The summed E-state index contributed by atoms with van der Waals surface area (Å²) in [5.74, 6) is 0. The molecular formula is C11H10N2S. The number of aliphatic imine (C=N–C) groups is 1. The fraction of sp³-hybridized carbons (Fsp3) is 0.0909. The quantitative estimate of drug-likeness (QED) is 0.646. The van der Waals surface area contributed by atoms with Gasteiger partial charge >= 0.3 is 0 Å². The predicted molar refractivity (Wildman–Crippen MR) is 60.6 cm³/mol. The smallest absolute Gasteiger partial charge is 0.0314 e. The zero-order valence-corrected chi connectivity index (χ0v) is 8.50. The van der Waals surface area contributed by atoms with Crippen molar-refractivity contribution >= 4 is 18.0 Å². The van der Waals surface area contributed by atoms with Gasteiger partial charge in [-0.1, -0.05) is 18.3 Å². The van der Waals surface area contributed by atoms with Crippen LogP contribution in [0.4, 0.5) is 0 Å². The Morgan fingerprint density at radius 3 is 3.29 bits per heavy atom. The van der Waals surface area contributed by atoms with Crippen molar-refractivity contribution in [3.63, 3.8) is 0 Å². The number of hydrogen-bond acceptors (Lipinski definition) is 3. The third kappa shape index (κ3) is 2.12. The molecule has 0 radical (unpaired) electrons. The number of fused-ring (bicyclic) bond motifs is 1. The van der Waals surface area contributed by atoms with E-state index in [1.807, 2.05) is 24.6 Å². The van der Waals surface area contributed by atoms with E-state index in [9.17, 15) is 0 Å². The lowest BCUT2D eigenvalue weighted by molar-refractivity contribution is 1.15. The molecule has 3 heteroatoms. The summed E-state index contributed by atoms with van der Waals surface area (Å²) in [7, 11) is 0. The van der Waals surface area contributed by atoms with E-state index < -0.39 is 0 Å². The van der Waals surface area contributed by atoms with Gasteiger partial charge in [0.15, 0.2) is 0 Å². The van der Waals surface area contributed by atoms with Gasteiger partial charge in [0.05, 0.1) is 0 Å². The van der Waals surface area contributed by atoms with E-state index in [1.54, 1.807) is 24.2 Å². The van der Waals surface area contributed by atoms with E-state index in [0.717, 1.165) is 11.3 Å². The molecule has 0 unspecified atom stereocenters. The minimum atomic E-state index is 0.827. The molecule has 0 saturated carbocycles. The first-order valence-electron chi connectivity index (χ1n) is 4.34. The summed E-state index contributed by atoms with van der Waals surface area (Å²) in [6.45, 7) is 3.94. The molecule has 2 heterocycles. The van der Waals surface area contributed by atoms with E-state index in [1.165, 1.54) is 10.5 Å². The number of aromatic nitrogens is 1. The number of allylic oxidation sites excluding steroid dienone is 1. The third-order valence-corrected chi connectivity index (χ3v) is 2.88. The molecule has 1 aromatic heterocycles. The van der Waals surface area contributed by atoms with Crippen LogP contribution in [0.2, 0.25) is 0 Å². The molecule has 2 nitrogen and oxygen atoms in total. The summed E-state index contributed by atoms with van der Waals surface area (Å²) < 4.78 is 0. The molecule has 0 spiro atoms. The highest BCUT2D eigenvalue weighted by atomic mass is 32.2. The molecule has 1 aromatic rings. The number of pyridine rings is 1. The SMILES string of the molecule is C=C1/C=C\N=C/Cc2cnccc2S1. The van der Waals surface area contributed by atoms with Crippen molar-refractivity contribution in [2.24, 2.45) is 4.99 Å². The van der Waals surface area contributed by atoms with E-state index in [-0.39, 0.29) is 0 Å². The van der Waals surface area contributed by atoms with Gasteiger partial charge in [0.25, 0.3) is 0 Å². The van der Waals surface area contributed by atoms with Gasteiger partial charge in [-0.15, -0.1) is 0 Å². The normalized spacial score (nSPS) is 20.1. The first-order valence-corrected chi connectivity index (χ1v) is 5.16. The Bertz CT molecular complexity index is 408. The average Bonchev–Trinajstić information content (AvgIpc) is 2.27. The monoisotopic (exact) mass is 202 g/mol. The topological polar surface area (TPSA) is 25.2 Å². The Labute approximate surface area is 87.5 Å². The highest BCUT2D eigenvalue weighted by Gasteiger charge is 2.03. The van der Waals surface area contributed by atoms with Crippen molar-refractivity contribution in [1.29, 1.82) is 0 Å². The lowest BCUT2D eigenvalue weighted by atomic mass is 10.2. The average molecular weight is 202 g/mol. The standard InChI is InChI=1S/C11H10N2S/c1-9-2-5-12-6-3-10-8-13-7-4-11(10)14-9/h2,4-8H,1,3H2/b5-2-,12-6-. The highest BCUT2D eigenvalue weighted by Crippen LogP contribution is 2.29. The second-order valence-electron chi connectivity index (χ2n) is 2.90. The Kier molecular flexibility index (Phi) is 2.79. The highest BCUT2D eigenvalue weighted by molar-refractivity contribution is 8.03. The lowest BCUT2D eigenvalue weighted by Gasteiger charge is -2.04. The fourth-order valence-corrected chi connectivity index (χ4v) is 1.99. The van der Waals surface area contributed by atoms with Crippen molar-refractivity contribution in [2.75, 3.05) is 0 Å². The zero-order chi connectivity index (χ0) is 9.80. The molecule has 1 aliphatic heterocycles. The molecule has 0 bridgehead atoms. The summed E-state index contributed by atoms with van der Waals surface area (Å²) in [6, 6.07) is 2.01. The Morgan fingerprint density at radius 2 is 2.36 bits per heavy atom. The van der Waals surface area contributed by atoms with Crippen LogP contribution in [-0.4, -0.2) is 11.2 Å². The molecule has 0 amide bonds. The molecule has 0 atom stereocenters. The van der Waals surface area contributed by atoms with E-state index >= 15 is 0 Å². The molecule has 0 aromatic carbocycles. The zero-order valence-electron chi connectivity index (χ0n) is 7.68. The largest absolute Gasteiger partial charge is 0.269 e. The van der Waals surface area contributed by atoms with Crippen molar-refractivity contribution in [2.45, 2.75) is 11.3 Å². The number of rotatable bonds is 0. The second kappa shape index (κ2) is 4.24. The fourth-order valence-electron chi connectivity index (χ4n) is 1.18. The van der Waals surface area contributed by atoms with Gasteiger partial charge in [-0.3, -0.25) is 9.98 Å². The maximum atomic E-state index is 4.13. The van der Waals surface area contributed by atoms with Crippen LogP contribution in [0.25, 0.3) is 0 Å². The van der Waals surface area contributed by atoms with Gasteiger partial charge in [-0.05, 0) is 17.7 Å². The number of hydrogen-bond donors (Lipinski definition) is 0. The van der Waals surface area contributed by atoms with Gasteiger partial charge in [0.2, 0.25) is 0 Å². The molecule has 70 valence electrons. The molecule has 0 N–H and O–H groups in total. The van der Waals surface area contributed by atoms with Crippen LogP contribution in [0.3, 0.4) is 0 Å². The summed E-state index contributed by atoms with van der Waals surface area (Å²) in [5.41, 5.74) is 1.20. The van der Waals surface area contributed by atoms with Crippen molar-refractivity contribution < 1.29 is 0 Å². The maximum Gasteiger partial charge on any atom is 0.0314 e. The predicted octanol–water partition coefficient (Wildman–Crippen LogP) is 2.83. The van der Waals surface area contributed by atoms with Crippen LogP contribution in [-0.2, 0) is 6.42 Å². The van der Waals surface area contributed by atoms with Gasteiger partial charge in [-0.2, -0.15) is 0 Å². The first kappa shape index (κ1) is 9.21. The van der Waals surface area contributed by atoms with E-state index in [2.05, 4.69) is 16.6 Å². The molecule has 14 heavy (non-hydrogen) atoms. The maximum absolute atomic E-state index is 4.13. The minimum absolute atomic E-state index is 0.827. The Balaban J connectivity index is 2.39. The molecule has 0 aliphatic carbocycles. The minimum Gasteiger partial charge on any atom is -0.269 e. The van der Waals surface area contributed by atoms with Crippen molar-refractivity contribution in [1.82, 2.24) is 4.98 Å². The Hall–Kier alpha value is -1.35. The third-order valence-electron chi connectivity index (χ3n) is 1.86. The first-order chi connectivity index (χ1) is 6.86. The van der Waals surface area contributed by atoms with Gasteiger partial charge in [0, 0.05) is 41.0 Å². The molecular weight excluding hydrogens is 192 g/mol. The van der Waals surface area contributed by atoms with Gasteiger partial charge in [0.1, 0.15) is 0 Å². The molecule has 1 aliphatic rings. The molecule has 0 saturated heterocycles. The number of nitrogens with zero attached hydrogens (tertiary/aromatic N) is 2. The summed E-state index contributed by atoms with van der Waals surface area (Å²) in [6.07, 6.45) is 10.1. The Morgan fingerprint density at radius 1 is 1.43 bits per heavy atom.